The topological polar surface area (TPSA) is 51.8 Å². The fourth-order valence-electron chi connectivity index (χ4n) is 1.50. The van der Waals surface area contributed by atoms with Crippen molar-refractivity contribution in [3.63, 3.8) is 0 Å². The Morgan fingerprint density at radius 3 is 2.47 bits per heavy atom. The van der Waals surface area contributed by atoms with Crippen LogP contribution < -0.4 is 5.73 Å². The molecule has 2 heterocycles. The minimum absolute atomic E-state index is 0.0299. The van der Waals surface area contributed by atoms with Gasteiger partial charge in [0.2, 0.25) is 0 Å². The maximum absolute atomic E-state index is 12.9. The van der Waals surface area contributed by atoms with Crippen molar-refractivity contribution in [2.45, 2.75) is 6.18 Å². The first kappa shape index (κ1) is 13.9. The average Bonchev–Trinajstić information content (AvgIpc) is 2.33. The van der Waals surface area contributed by atoms with Crippen LogP contribution in [0.5, 0.6) is 0 Å². The Balaban J connectivity index is 2.70. The van der Waals surface area contributed by atoms with E-state index in [1.807, 2.05) is 0 Å². The summed E-state index contributed by atoms with van der Waals surface area (Å²) in [6.07, 6.45) is -2.47. The normalized spacial score (nSPS) is 11.6. The number of nitrogen functional groups attached to an aromatic ring is 1. The fourth-order valence-corrected chi connectivity index (χ4v) is 1.96. The Bertz CT molecular complexity index is 629. The highest BCUT2D eigenvalue weighted by atomic mass is 35.5. The molecule has 0 saturated carbocycles. The zero-order chi connectivity index (χ0) is 14.2. The molecule has 0 aromatic carbocycles. The summed E-state index contributed by atoms with van der Waals surface area (Å²) >= 11 is 11.6. The summed E-state index contributed by atoms with van der Waals surface area (Å²) in [5, 5.41) is 0.0453. The van der Waals surface area contributed by atoms with E-state index < -0.39 is 11.7 Å². The Hall–Kier alpha value is -1.53. The first-order chi connectivity index (χ1) is 8.80. The maximum Gasteiger partial charge on any atom is 0.417 e. The van der Waals surface area contributed by atoms with E-state index in [2.05, 4.69) is 9.97 Å². The lowest BCUT2D eigenvalue weighted by molar-refractivity contribution is -0.137. The first-order valence-corrected chi connectivity index (χ1v) is 5.69. The van der Waals surface area contributed by atoms with Crippen LogP contribution in [0.2, 0.25) is 10.0 Å². The molecule has 0 atom stereocenters. The van der Waals surface area contributed by atoms with Gasteiger partial charge in [-0.25, -0.2) is 4.98 Å². The highest BCUT2D eigenvalue weighted by Gasteiger charge is 2.34. The van der Waals surface area contributed by atoms with Gasteiger partial charge in [0.1, 0.15) is 5.82 Å². The molecule has 0 aliphatic carbocycles. The van der Waals surface area contributed by atoms with E-state index in [4.69, 9.17) is 28.9 Å². The van der Waals surface area contributed by atoms with Gasteiger partial charge in [0.25, 0.3) is 0 Å². The number of hydrogen-bond donors (Lipinski definition) is 1. The Labute approximate surface area is 116 Å². The van der Waals surface area contributed by atoms with Crippen LogP contribution in [-0.4, -0.2) is 9.97 Å². The number of anilines is 1. The van der Waals surface area contributed by atoms with Gasteiger partial charge >= 0.3 is 6.18 Å². The van der Waals surface area contributed by atoms with Crippen molar-refractivity contribution in [1.29, 1.82) is 0 Å². The summed E-state index contributed by atoms with van der Waals surface area (Å²) < 4.78 is 38.7. The number of nitrogens with zero attached hydrogens (tertiary/aromatic N) is 2. The predicted molar refractivity (Wildman–Crippen MR) is 66.9 cm³/mol. The first-order valence-electron chi connectivity index (χ1n) is 4.94. The van der Waals surface area contributed by atoms with E-state index in [1.54, 1.807) is 0 Å². The van der Waals surface area contributed by atoms with Crippen molar-refractivity contribution in [1.82, 2.24) is 9.97 Å². The number of aromatic nitrogens is 2. The average molecular weight is 308 g/mol. The summed E-state index contributed by atoms with van der Waals surface area (Å²) in [6, 6.07) is 2.09. The minimum atomic E-state index is -4.54. The molecule has 2 N–H and O–H groups in total. The number of rotatable bonds is 1. The third-order valence-corrected chi connectivity index (χ3v) is 2.93. The van der Waals surface area contributed by atoms with Gasteiger partial charge in [0, 0.05) is 18.0 Å². The van der Waals surface area contributed by atoms with Crippen LogP contribution in [0.25, 0.3) is 11.3 Å². The second-order valence-corrected chi connectivity index (χ2v) is 4.42. The van der Waals surface area contributed by atoms with Gasteiger partial charge < -0.3 is 5.73 Å². The number of nitrogens with two attached hydrogens (primary N) is 1. The van der Waals surface area contributed by atoms with E-state index >= 15 is 0 Å². The van der Waals surface area contributed by atoms with Gasteiger partial charge in [-0.1, -0.05) is 23.2 Å². The SMILES string of the molecule is Nc1nc(-c2cnccc2C(F)(F)F)c(Cl)cc1Cl. The lowest BCUT2D eigenvalue weighted by Gasteiger charge is -2.13. The monoisotopic (exact) mass is 307 g/mol. The van der Waals surface area contributed by atoms with Gasteiger partial charge in [-0.15, -0.1) is 0 Å². The van der Waals surface area contributed by atoms with E-state index in [9.17, 15) is 13.2 Å². The smallest absolute Gasteiger partial charge is 0.382 e. The van der Waals surface area contributed by atoms with Crippen LogP contribution in [0.15, 0.2) is 24.5 Å². The molecule has 2 aromatic heterocycles. The molecule has 19 heavy (non-hydrogen) atoms. The molecule has 0 unspecified atom stereocenters. The summed E-state index contributed by atoms with van der Waals surface area (Å²) in [6.45, 7) is 0. The molecule has 0 aliphatic heterocycles. The van der Waals surface area contributed by atoms with Crippen molar-refractivity contribution >= 4 is 29.0 Å². The quantitative estimate of drug-likeness (QED) is 0.864. The van der Waals surface area contributed by atoms with E-state index in [0.29, 0.717) is 0 Å². The van der Waals surface area contributed by atoms with Crippen molar-refractivity contribution in [3.05, 3.63) is 40.1 Å². The lowest BCUT2D eigenvalue weighted by atomic mass is 10.1. The zero-order valence-corrected chi connectivity index (χ0v) is 10.7. The standard InChI is InChI=1S/C11H6Cl2F3N3/c12-7-3-8(13)10(17)19-9(7)5-4-18-2-1-6(5)11(14,15)16/h1-4H,(H2,17,19). The molecule has 0 amide bonds. The summed E-state index contributed by atoms with van der Waals surface area (Å²) in [5.74, 6) is -0.0990. The van der Waals surface area contributed by atoms with Crippen molar-refractivity contribution in [2.75, 3.05) is 5.73 Å². The predicted octanol–water partition coefficient (Wildman–Crippen LogP) is 4.05. The van der Waals surface area contributed by atoms with Gasteiger partial charge in [0.05, 0.1) is 21.3 Å². The van der Waals surface area contributed by atoms with Crippen LogP contribution >= 0.6 is 23.2 Å². The summed E-state index contributed by atoms with van der Waals surface area (Å²) in [4.78, 5) is 7.45. The van der Waals surface area contributed by atoms with Crippen LogP contribution in [0.4, 0.5) is 19.0 Å². The Morgan fingerprint density at radius 2 is 1.84 bits per heavy atom. The fraction of sp³-hybridized carbons (Fsp3) is 0.0909. The third-order valence-electron chi connectivity index (χ3n) is 2.34. The van der Waals surface area contributed by atoms with Gasteiger partial charge in [0.15, 0.2) is 0 Å². The second-order valence-electron chi connectivity index (χ2n) is 3.60. The molecule has 0 aliphatic rings. The number of alkyl halides is 3. The van der Waals surface area contributed by atoms with Gasteiger partial charge in [-0.05, 0) is 12.1 Å². The molecule has 100 valence electrons. The van der Waals surface area contributed by atoms with Crippen LogP contribution in [0, 0.1) is 0 Å². The number of pyridine rings is 2. The van der Waals surface area contributed by atoms with Crippen LogP contribution in [-0.2, 0) is 6.18 Å². The van der Waals surface area contributed by atoms with Gasteiger partial charge in [-0.2, -0.15) is 13.2 Å². The summed E-state index contributed by atoms with van der Waals surface area (Å²) in [5.41, 5.74) is 4.24. The zero-order valence-electron chi connectivity index (χ0n) is 9.17. The highest BCUT2D eigenvalue weighted by Crippen LogP contribution is 2.39. The minimum Gasteiger partial charge on any atom is -0.382 e. The molecule has 2 aromatic rings. The highest BCUT2D eigenvalue weighted by molar-refractivity contribution is 6.37. The van der Waals surface area contributed by atoms with Crippen LogP contribution in [0.3, 0.4) is 0 Å². The van der Waals surface area contributed by atoms with Gasteiger partial charge in [-0.3, -0.25) is 4.98 Å². The molecule has 3 nitrogen and oxygen atoms in total. The lowest BCUT2D eigenvalue weighted by Crippen LogP contribution is -2.08. The molecule has 8 heteroatoms. The number of hydrogen-bond acceptors (Lipinski definition) is 3. The molecule has 0 radical (unpaired) electrons. The molecular formula is C11H6Cl2F3N3. The largest absolute Gasteiger partial charge is 0.417 e. The molecule has 0 spiro atoms. The van der Waals surface area contributed by atoms with E-state index in [-0.39, 0.29) is 27.1 Å². The maximum atomic E-state index is 12.9. The van der Waals surface area contributed by atoms with Crippen molar-refractivity contribution in [2.24, 2.45) is 0 Å². The molecule has 0 fully saturated rings. The number of halogens is 5. The molecule has 0 bridgehead atoms. The molecule has 2 rings (SSSR count). The summed E-state index contributed by atoms with van der Waals surface area (Å²) in [7, 11) is 0. The van der Waals surface area contributed by atoms with E-state index in [1.165, 1.54) is 6.07 Å². The van der Waals surface area contributed by atoms with Crippen molar-refractivity contribution in [3.8, 4) is 11.3 Å². The third kappa shape index (κ3) is 2.74. The van der Waals surface area contributed by atoms with Crippen LogP contribution in [0.1, 0.15) is 5.56 Å². The van der Waals surface area contributed by atoms with E-state index in [0.717, 1.165) is 18.5 Å². The molecular weight excluding hydrogens is 302 g/mol. The Morgan fingerprint density at radius 1 is 1.16 bits per heavy atom. The van der Waals surface area contributed by atoms with Crippen molar-refractivity contribution < 1.29 is 13.2 Å². The Kier molecular flexibility index (Phi) is 3.56. The molecule has 0 saturated heterocycles. The second kappa shape index (κ2) is 4.86.